The highest BCUT2D eigenvalue weighted by Crippen LogP contribution is 2.28. The van der Waals surface area contributed by atoms with Gasteiger partial charge in [-0.05, 0) is 38.1 Å². The maximum Gasteiger partial charge on any atom is 0.317 e. The molecule has 1 heterocycles. The molecule has 2 rings (SSSR count). The number of nitrogens with zero attached hydrogens (tertiary/aromatic N) is 2. The van der Waals surface area contributed by atoms with Crippen molar-refractivity contribution >= 4 is 12.0 Å². The van der Waals surface area contributed by atoms with Crippen LogP contribution >= 0.6 is 0 Å². The minimum absolute atomic E-state index is 0.0564. The molecule has 2 aliphatic rings. The van der Waals surface area contributed by atoms with Crippen molar-refractivity contribution in [3.63, 3.8) is 0 Å². The van der Waals surface area contributed by atoms with E-state index < -0.39 is 5.97 Å². The first-order valence-electron chi connectivity index (χ1n) is 8.47. The second kappa shape index (κ2) is 7.31. The average molecular weight is 311 g/mol. The average Bonchev–Trinajstić information content (AvgIpc) is 2.81. The van der Waals surface area contributed by atoms with E-state index in [9.17, 15) is 9.59 Å². The molecule has 0 spiro atoms. The van der Waals surface area contributed by atoms with Crippen molar-refractivity contribution in [2.24, 2.45) is 5.92 Å². The second-order valence-electron chi connectivity index (χ2n) is 6.78. The van der Waals surface area contributed by atoms with Crippen molar-refractivity contribution in [3.05, 3.63) is 0 Å². The summed E-state index contributed by atoms with van der Waals surface area (Å²) in [5.41, 5.74) is 0. The molecule has 6 nitrogen and oxygen atoms in total. The third-order valence-electron chi connectivity index (χ3n) is 5.06. The number of likely N-dealkylation sites (tertiary alicyclic amines) is 1. The SMILES string of the molecule is CCC1CC(C)CN1C(=O)NC1CC(N(CC)CC(=O)O)C1. The van der Waals surface area contributed by atoms with Gasteiger partial charge < -0.3 is 15.3 Å². The molecule has 0 radical (unpaired) electrons. The summed E-state index contributed by atoms with van der Waals surface area (Å²) in [7, 11) is 0. The molecule has 2 amide bonds. The van der Waals surface area contributed by atoms with Gasteiger partial charge in [0, 0.05) is 24.7 Å². The number of aliphatic carboxylic acids is 1. The van der Waals surface area contributed by atoms with E-state index in [0.29, 0.717) is 12.0 Å². The quantitative estimate of drug-likeness (QED) is 0.784. The van der Waals surface area contributed by atoms with Crippen molar-refractivity contribution < 1.29 is 14.7 Å². The molecule has 1 saturated carbocycles. The van der Waals surface area contributed by atoms with Crippen LogP contribution in [0.2, 0.25) is 0 Å². The summed E-state index contributed by atoms with van der Waals surface area (Å²) < 4.78 is 0. The van der Waals surface area contributed by atoms with E-state index >= 15 is 0 Å². The van der Waals surface area contributed by atoms with Crippen LogP contribution < -0.4 is 5.32 Å². The van der Waals surface area contributed by atoms with Crippen molar-refractivity contribution in [1.29, 1.82) is 0 Å². The maximum atomic E-state index is 12.4. The summed E-state index contributed by atoms with van der Waals surface area (Å²) >= 11 is 0. The van der Waals surface area contributed by atoms with Gasteiger partial charge in [0.05, 0.1) is 6.54 Å². The van der Waals surface area contributed by atoms with Crippen LogP contribution in [0.25, 0.3) is 0 Å². The second-order valence-corrected chi connectivity index (χ2v) is 6.78. The zero-order chi connectivity index (χ0) is 16.3. The van der Waals surface area contributed by atoms with Crippen molar-refractivity contribution in [3.8, 4) is 0 Å². The van der Waals surface area contributed by atoms with Crippen LogP contribution in [-0.2, 0) is 4.79 Å². The van der Waals surface area contributed by atoms with Gasteiger partial charge in [0.25, 0.3) is 0 Å². The monoisotopic (exact) mass is 311 g/mol. The smallest absolute Gasteiger partial charge is 0.317 e. The van der Waals surface area contributed by atoms with E-state index in [4.69, 9.17) is 5.11 Å². The number of carboxylic acid groups (broad SMARTS) is 1. The van der Waals surface area contributed by atoms with E-state index in [1.54, 1.807) is 0 Å². The zero-order valence-corrected chi connectivity index (χ0v) is 13.9. The molecule has 126 valence electrons. The first-order chi connectivity index (χ1) is 10.4. The Morgan fingerprint density at radius 1 is 1.27 bits per heavy atom. The van der Waals surface area contributed by atoms with Gasteiger partial charge in [-0.15, -0.1) is 0 Å². The lowest BCUT2D eigenvalue weighted by molar-refractivity contribution is -0.139. The highest BCUT2D eigenvalue weighted by molar-refractivity contribution is 5.75. The van der Waals surface area contributed by atoms with Crippen molar-refractivity contribution in [2.75, 3.05) is 19.6 Å². The van der Waals surface area contributed by atoms with Gasteiger partial charge in [0.2, 0.25) is 0 Å². The van der Waals surface area contributed by atoms with E-state index in [1.807, 2.05) is 16.7 Å². The summed E-state index contributed by atoms with van der Waals surface area (Å²) in [5, 5.41) is 12.0. The molecule has 1 aliphatic carbocycles. The predicted molar refractivity (Wildman–Crippen MR) is 84.8 cm³/mol. The molecular weight excluding hydrogens is 282 g/mol. The van der Waals surface area contributed by atoms with Crippen LogP contribution in [0.3, 0.4) is 0 Å². The molecule has 2 N–H and O–H groups in total. The Bertz CT molecular complexity index is 409. The molecule has 6 heteroatoms. The van der Waals surface area contributed by atoms with Crippen LogP contribution in [0.1, 0.15) is 46.5 Å². The molecule has 22 heavy (non-hydrogen) atoms. The summed E-state index contributed by atoms with van der Waals surface area (Å²) in [6.45, 7) is 7.98. The lowest BCUT2D eigenvalue weighted by atomic mass is 9.85. The number of carbonyl (C=O) groups is 2. The van der Waals surface area contributed by atoms with Crippen LogP contribution in [0.4, 0.5) is 4.79 Å². The van der Waals surface area contributed by atoms with Crippen molar-refractivity contribution in [1.82, 2.24) is 15.1 Å². The molecule has 2 unspecified atom stereocenters. The number of carboxylic acids is 1. The van der Waals surface area contributed by atoms with Gasteiger partial charge in [-0.3, -0.25) is 9.69 Å². The van der Waals surface area contributed by atoms with E-state index in [2.05, 4.69) is 19.2 Å². The van der Waals surface area contributed by atoms with Crippen molar-refractivity contribution in [2.45, 2.75) is 64.6 Å². The number of hydrogen-bond donors (Lipinski definition) is 2. The highest BCUT2D eigenvalue weighted by Gasteiger charge is 2.37. The Balaban J connectivity index is 1.77. The van der Waals surface area contributed by atoms with Gasteiger partial charge in [0.1, 0.15) is 0 Å². The normalized spacial score (nSPS) is 31.2. The Morgan fingerprint density at radius 2 is 1.95 bits per heavy atom. The van der Waals surface area contributed by atoms with Gasteiger partial charge in [-0.25, -0.2) is 4.79 Å². The largest absolute Gasteiger partial charge is 0.480 e. The molecule has 0 bridgehead atoms. The minimum atomic E-state index is -0.786. The van der Waals surface area contributed by atoms with Crippen LogP contribution in [0, 0.1) is 5.92 Å². The first kappa shape index (κ1) is 17.1. The molecular formula is C16H29N3O3. The molecule has 2 fully saturated rings. The summed E-state index contributed by atoms with van der Waals surface area (Å²) in [6, 6.07) is 0.894. The highest BCUT2D eigenvalue weighted by atomic mass is 16.4. The van der Waals surface area contributed by atoms with Gasteiger partial charge in [-0.2, -0.15) is 0 Å². The number of nitrogens with one attached hydrogen (secondary N) is 1. The van der Waals surface area contributed by atoms with Gasteiger partial charge >= 0.3 is 12.0 Å². The lowest BCUT2D eigenvalue weighted by Gasteiger charge is -2.43. The number of carbonyl (C=O) groups excluding carboxylic acids is 1. The van der Waals surface area contributed by atoms with Gasteiger partial charge in [0.15, 0.2) is 0 Å². The molecule has 0 aromatic carbocycles. The Labute approximate surface area is 132 Å². The third kappa shape index (κ3) is 3.91. The third-order valence-corrected chi connectivity index (χ3v) is 5.06. The molecule has 0 aromatic rings. The standard InChI is InChI=1S/C16H29N3O3/c1-4-13-6-11(3)9-19(13)16(22)17-12-7-14(8-12)18(5-2)10-15(20)21/h11-14H,4-10H2,1-3H3,(H,17,22)(H,20,21). The zero-order valence-electron chi connectivity index (χ0n) is 13.9. The first-order valence-corrected chi connectivity index (χ1v) is 8.47. The Morgan fingerprint density at radius 3 is 2.50 bits per heavy atom. The van der Waals surface area contributed by atoms with Crippen LogP contribution in [0.15, 0.2) is 0 Å². The van der Waals surface area contributed by atoms with E-state index in [1.165, 1.54) is 0 Å². The van der Waals surface area contributed by atoms with Crippen LogP contribution in [0.5, 0.6) is 0 Å². The van der Waals surface area contributed by atoms with E-state index in [0.717, 1.165) is 38.8 Å². The minimum Gasteiger partial charge on any atom is -0.480 e. The Hall–Kier alpha value is -1.30. The number of amides is 2. The van der Waals surface area contributed by atoms with Crippen LogP contribution in [-0.4, -0.2) is 64.7 Å². The Kier molecular flexibility index (Phi) is 5.67. The summed E-state index contributed by atoms with van der Waals surface area (Å²) in [5.74, 6) is -0.206. The number of likely N-dealkylation sites (N-methyl/N-ethyl adjacent to an activating group) is 1. The fourth-order valence-corrected chi connectivity index (χ4v) is 3.72. The summed E-state index contributed by atoms with van der Waals surface area (Å²) in [4.78, 5) is 27.2. The van der Waals surface area contributed by atoms with Gasteiger partial charge in [-0.1, -0.05) is 20.8 Å². The maximum absolute atomic E-state index is 12.4. The molecule has 1 saturated heterocycles. The molecule has 2 atom stereocenters. The van der Waals surface area contributed by atoms with E-state index in [-0.39, 0.29) is 24.7 Å². The summed E-state index contributed by atoms with van der Waals surface area (Å²) in [6.07, 6.45) is 3.81. The lowest BCUT2D eigenvalue weighted by Crippen LogP contribution is -2.57. The number of hydrogen-bond acceptors (Lipinski definition) is 3. The molecule has 1 aliphatic heterocycles. The topological polar surface area (TPSA) is 72.9 Å². The fourth-order valence-electron chi connectivity index (χ4n) is 3.72. The molecule has 0 aromatic heterocycles. The number of urea groups is 1. The fraction of sp³-hybridized carbons (Fsp3) is 0.875. The number of rotatable bonds is 6. The predicted octanol–water partition coefficient (Wildman–Crippen LogP) is 1.75.